The van der Waals surface area contributed by atoms with Gasteiger partial charge in [-0.3, -0.25) is 4.90 Å². The molecule has 1 fully saturated rings. The lowest BCUT2D eigenvalue weighted by atomic mass is 10.0. The molecule has 0 bridgehead atoms. The number of likely N-dealkylation sites (tertiary alicyclic amines) is 1. The SMILES string of the molecule is CNCC1CCCCN1Cc1ccc(C#N)c(OC)c1. The summed E-state index contributed by atoms with van der Waals surface area (Å²) >= 11 is 0. The Morgan fingerprint density at radius 1 is 1.45 bits per heavy atom. The van der Waals surface area contributed by atoms with Gasteiger partial charge in [-0.15, -0.1) is 0 Å². The van der Waals surface area contributed by atoms with Crippen LogP contribution in [0.5, 0.6) is 5.75 Å². The summed E-state index contributed by atoms with van der Waals surface area (Å²) in [5.41, 5.74) is 1.81. The molecule has 108 valence electrons. The zero-order chi connectivity index (χ0) is 14.4. The van der Waals surface area contributed by atoms with Gasteiger partial charge in [0.1, 0.15) is 11.8 Å². The van der Waals surface area contributed by atoms with Gasteiger partial charge < -0.3 is 10.1 Å². The molecular weight excluding hydrogens is 250 g/mol. The maximum absolute atomic E-state index is 9.03. The zero-order valence-electron chi connectivity index (χ0n) is 12.4. The smallest absolute Gasteiger partial charge is 0.136 e. The minimum absolute atomic E-state index is 0.599. The Labute approximate surface area is 121 Å². The van der Waals surface area contributed by atoms with Gasteiger partial charge in [-0.2, -0.15) is 5.26 Å². The third-order valence-electron chi connectivity index (χ3n) is 3.96. The first kappa shape index (κ1) is 14.8. The normalized spacial score (nSPS) is 19.6. The highest BCUT2D eigenvalue weighted by atomic mass is 16.5. The van der Waals surface area contributed by atoms with Crippen molar-refractivity contribution in [3.63, 3.8) is 0 Å². The Bertz CT molecular complexity index is 479. The van der Waals surface area contributed by atoms with E-state index in [0.29, 0.717) is 17.4 Å². The molecule has 1 aromatic rings. The predicted molar refractivity (Wildman–Crippen MR) is 79.7 cm³/mol. The number of hydrogen-bond donors (Lipinski definition) is 1. The highest BCUT2D eigenvalue weighted by molar-refractivity contribution is 5.45. The van der Waals surface area contributed by atoms with Gasteiger partial charge in [-0.25, -0.2) is 0 Å². The van der Waals surface area contributed by atoms with Gasteiger partial charge in [0.15, 0.2) is 0 Å². The van der Waals surface area contributed by atoms with Gasteiger partial charge in [-0.05, 0) is 44.1 Å². The Morgan fingerprint density at radius 3 is 3.00 bits per heavy atom. The average Bonchev–Trinajstić information content (AvgIpc) is 2.49. The Kier molecular flexibility index (Phi) is 5.40. The molecule has 0 saturated carbocycles. The summed E-state index contributed by atoms with van der Waals surface area (Å²) in [6, 6.07) is 8.64. The molecule has 1 saturated heterocycles. The van der Waals surface area contributed by atoms with Crippen LogP contribution >= 0.6 is 0 Å². The van der Waals surface area contributed by atoms with Crippen LogP contribution in [0.4, 0.5) is 0 Å². The van der Waals surface area contributed by atoms with E-state index in [9.17, 15) is 0 Å². The highest BCUT2D eigenvalue weighted by Gasteiger charge is 2.21. The number of nitrogens with one attached hydrogen (secondary N) is 1. The molecule has 1 heterocycles. The number of nitriles is 1. The lowest BCUT2D eigenvalue weighted by molar-refractivity contribution is 0.139. The molecule has 4 heteroatoms. The van der Waals surface area contributed by atoms with E-state index in [1.54, 1.807) is 7.11 Å². The second kappa shape index (κ2) is 7.28. The van der Waals surface area contributed by atoms with Crippen molar-refractivity contribution in [3.8, 4) is 11.8 Å². The Balaban J connectivity index is 2.10. The van der Waals surface area contributed by atoms with Crippen molar-refractivity contribution in [1.29, 1.82) is 5.26 Å². The van der Waals surface area contributed by atoms with Crippen LogP contribution in [-0.2, 0) is 6.54 Å². The van der Waals surface area contributed by atoms with Gasteiger partial charge in [0, 0.05) is 19.1 Å². The molecule has 1 N–H and O–H groups in total. The van der Waals surface area contributed by atoms with E-state index in [4.69, 9.17) is 10.00 Å². The van der Waals surface area contributed by atoms with Crippen molar-refractivity contribution >= 4 is 0 Å². The number of piperidine rings is 1. The van der Waals surface area contributed by atoms with Crippen LogP contribution in [-0.4, -0.2) is 38.2 Å². The fourth-order valence-corrected chi connectivity index (χ4v) is 2.90. The average molecular weight is 273 g/mol. The van der Waals surface area contributed by atoms with Crippen molar-refractivity contribution in [2.45, 2.75) is 31.8 Å². The van der Waals surface area contributed by atoms with E-state index < -0.39 is 0 Å². The van der Waals surface area contributed by atoms with Crippen molar-refractivity contribution in [2.75, 3.05) is 27.2 Å². The van der Waals surface area contributed by atoms with Crippen LogP contribution in [0.2, 0.25) is 0 Å². The molecule has 0 amide bonds. The molecular formula is C16H23N3O. The lowest BCUT2D eigenvalue weighted by Gasteiger charge is -2.35. The maximum Gasteiger partial charge on any atom is 0.136 e. The minimum atomic E-state index is 0.599. The molecule has 1 unspecified atom stereocenters. The highest BCUT2D eigenvalue weighted by Crippen LogP contribution is 2.23. The standard InChI is InChI=1S/C16H23N3O/c1-18-11-15-5-3-4-8-19(15)12-13-6-7-14(10-17)16(9-13)20-2/h6-7,9,15,18H,3-5,8,11-12H2,1-2H3. The molecule has 1 aliphatic rings. The summed E-state index contributed by atoms with van der Waals surface area (Å²) in [6.45, 7) is 3.11. The number of methoxy groups -OCH3 is 1. The Hall–Kier alpha value is -1.57. The van der Waals surface area contributed by atoms with Gasteiger partial charge >= 0.3 is 0 Å². The third kappa shape index (κ3) is 3.50. The van der Waals surface area contributed by atoms with Crippen LogP contribution in [0.1, 0.15) is 30.4 Å². The first-order chi connectivity index (χ1) is 9.78. The van der Waals surface area contributed by atoms with Gasteiger partial charge in [0.25, 0.3) is 0 Å². The first-order valence-electron chi connectivity index (χ1n) is 7.24. The number of nitrogens with zero attached hydrogens (tertiary/aromatic N) is 2. The van der Waals surface area contributed by atoms with E-state index in [-0.39, 0.29) is 0 Å². The molecule has 0 radical (unpaired) electrons. The summed E-state index contributed by atoms with van der Waals surface area (Å²) in [7, 11) is 3.63. The largest absolute Gasteiger partial charge is 0.495 e. The molecule has 0 spiro atoms. The predicted octanol–water partition coefficient (Wildman–Crippen LogP) is 2.14. The van der Waals surface area contributed by atoms with Crippen LogP contribution in [0.3, 0.4) is 0 Å². The van der Waals surface area contributed by atoms with Crippen molar-refractivity contribution < 1.29 is 4.74 Å². The van der Waals surface area contributed by atoms with Crippen LogP contribution in [0.15, 0.2) is 18.2 Å². The second-order valence-corrected chi connectivity index (χ2v) is 5.32. The summed E-state index contributed by atoms with van der Waals surface area (Å²) in [4.78, 5) is 2.53. The van der Waals surface area contributed by atoms with E-state index in [0.717, 1.165) is 19.6 Å². The van der Waals surface area contributed by atoms with Gasteiger partial charge in [-0.1, -0.05) is 12.5 Å². The molecule has 0 aliphatic carbocycles. The fourth-order valence-electron chi connectivity index (χ4n) is 2.90. The van der Waals surface area contributed by atoms with Crippen molar-refractivity contribution in [3.05, 3.63) is 29.3 Å². The van der Waals surface area contributed by atoms with Crippen LogP contribution in [0.25, 0.3) is 0 Å². The quantitative estimate of drug-likeness (QED) is 0.893. The maximum atomic E-state index is 9.03. The molecule has 1 aliphatic heterocycles. The number of hydrogen-bond acceptors (Lipinski definition) is 4. The van der Waals surface area contributed by atoms with Crippen LogP contribution < -0.4 is 10.1 Å². The van der Waals surface area contributed by atoms with E-state index >= 15 is 0 Å². The molecule has 4 nitrogen and oxygen atoms in total. The number of ether oxygens (including phenoxy) is 1. The number of benzene rings is 1. The summed E-state index contributed by atoms with van der Waals surface area (Å²) in [5, 5.41) is 12.3. The van der Waals surface area contributed by atoms with Gasteiger partial charge in [0.05, 0.1) is 12.7 Å². The van der Waals surface area contributed by atoms with Gasteiger partial charge in [0.2, 0.25) is 0 Å². The molecule has 1 atom stereocenters. The van der Waals surface area contributed by atoms with Crippen molar-refractivity contribution in [2.24, 2.45) is 0 Å². The van der Waals surface area contributed by atoms with E-state index in [1.165, 1.54) is 24.8 Å². The van der Waals surface area contributed by atoms with E-state index in [2.05, 4.69) is 16.3 Å². The first-order valence-corrected chi connectivity index (χ1v) is 7.24. The molecule has 1 aromatic carbocycles. The number of likely N-dealkylation sites (N-methyl/N-ethyl adjacent to an activating group) is 1. The van der Waals surface area contributed by atoms with E-state index in [1.807, 2.05) is 25.2 Å². The fraction of sp³-hybridized carbons (Fsp3) is 0.562. The summed E-state index contributed by atoms with van der Waals surface area (Å²) < 4.78 is 5.29. The third-order valence-corrected chi connectivity index (χ3v) is 3.96. The number of rotatable bonds is 5. The molecule has 0 aromatic heterocycles. The lowest BCUT2D eigenvalue weighted by Crippen LogP contribution is -2.44. The minimum Gasteiger partial charge on any atom is -0.495 e. The molecule has 20 heavy (non-hydrogen) atoms. The second-order valence-electron chi connectivity index (χ2n) is 5.32. The summed E-state index contributed by atoms with van der Waals surface area (Å²) in [6.07, 6.45) is 3.85. The topological polar surface area (TPSA) is 48.3 Å². The van der Waals surface area contributed by atoms with Crippen LogP contribution in [0, 0.1) is 11.3 Å². The zero-order valence-corrected chi connectivity index (χ0v) is 12.4. The monoisotopic (exact) mass is 273 g/mol. The van der Waals surface area contributed by atoms with Crippen molar-refractivity contribution in [1.82, 2.24) is 10.2 Å². The molecule has 2 rings (SSSR count). The Morgan fingerprint density at radius 2 is 2.30 bits per heavy atom. The summed E-state index contributed by atoms with van der Waals surface area (Å²) in [5.74, 6) is 0.673.